The van der Waals surface area contributed by atoms with Crippen LogP contribution in [0.5, 0.6) is 0 Å². The van der Waals surface area contributed by atoms with Crippen LogP contribution < -0.4 is 13.8 Å². The van der Waals surface area contributed by atoms with Gasteiger partial charge in [-0.05, 0) is 12.2 Å². The molecule has 2 aliphatic rings. The van der Waals surface area contributed by atoms with Crippen LogP contribution in [0, 0.1) is 0 Å². The maximum atomic E-state index is 13.3. The molecule has 6 rings (SSSR count). The Morgan fingerprint density at radius 3 is 2.40 bits per heavy atom. The number of nitrogens with zero attached hydrogens (tertiary/aromatic N) is 2. The molecule has 47 heavy (non-hydrogen) atoms. The first-order valence-electron chi connectivity index (χ1n) is 15.1. The molecule has 0 saturated heterocycles. The molecule has 3 aromatic carbocycles. The molecule has 1 saturated carbocycles. The quantitative estimate of drug-likeness (QED) is 0.0446. The number of nitrogens with one attached hydrogen (secondary N) is 1. The molecule has 13 heteroatoms. The number of aromatic nitrogens is 1. The Bertz CT molecular complexity index is 2210. The van der Waals surface area contributed by atoms with E-state index in [0.717, 1.165) is 56.8 Å². The molecule has 1 aliphatic carbocycles. The van der Waals surface area contributed by atoms with Crippen molar-refractivity contribution in [1.29, 1.82) is 0 Å². The van der Waals surface area contributed by atoms with Crippen molar-refractivity contribution >= 4 is 90.7 Å². The van der Waals surface area contributed by atoms with Crippen molar-refractivity contribution in [3.8, 4) is 0 Å². The second kappa shape index (κ2) is 13.2. The van der Waals surface area contributed by atoms with Gasteiger partial charge in [-0.2, -0.15) is 0 Å². The van der Waals surface area contributed by atoms with Crippen LogP contribution in [-0.4, -0.2) is 59.2 Å². The summed E-state index contributed by atoms with van der Waals surface area (Å²) in [6.07, 6.45) is 8.03. The van der Waals surface area contributed by atoms with Gasteiger partial charge in [0.15, 0.2) is 0 Å². The molecule has 2 unspecified atom stereocenters. The average molecular weight is 754 g/mol. The van der Waals surface area contributed by atoms with Crippen LogP contribution >= 0.6 is 12.2 Å². The van der Waals surface area contributed by atoms with Crippen LogP contribution in [0.15, 0.2) is 93.2 Å². The number of benzene rings is 3. The van der Waals surface area contributed by atoms with E-state index in [2.05, 4.69) is 43.7 Å². The topological polar surface area (TPSA) is 134 Å². The number of pyridine rings is 1. The molecule has 9 nitrogen and oxygen atoms in total. The summed E-state index contributed by atoms with van der Waals surface area (Å²) in [7, 11) is -8.44. The van der Waals surface area contributed by atoms with E-state index in [1.165, 1.54) is 12.1 Å². The Kier molecular flexibility index (Phi) is 9.34. The third-order valence-corrected chi connectivity index (χ3v) is 14.2. The van der Waals surface area contributed by atoms with Crippen molar-refractivity contribution in [2.75, 3.05) is 6.54 Å². The molecule has 4 aromatic rings. The van der Waals surface area contributed by atoms with E-state index < -0.39 is 51.7 Å². The number of rotatable bonds is 11. The number of hydrogen-bond donors (Lipinski definition) is 2. The van der Waals surface area contributed by atoms with E-state index in [1.807, 2.05) is 42.5 Å². The standard InChI is InChI=1S/C34H31N3O6S3Se/c1-2-33(38)36-45(39,40)31-21-34(31)27-17-16-23(46(41,42)43)20-30(27)47-32(34)15-9-12-24-25-10-3-5-13-28(25)37(19-8-7-18-35-22-44)29-14-6-4-11-26(24)29/h3-6,9-17,20,31H,2,7-8,18-19,21H2,1H3,(H-,36,38,41,42,43)/p+1. The van der Waals surface area contributed by atoms with E-state index in [0.29, 0.717) is 11.0 Å². The summed E-state index contributed by atoms with van der Waals surface area (Å²) < 4.78 is 66.3. The molecule has 0 bridgehead atoms. The van der Waals surface area contributed by atoms with Gasteiger partial charge in [0.1, 0.15) is 0 Å². The molecule has 242 valence electrons. The van der Waals surface area contributed by atoms with Crippen LogP contribution in [0.1, 0.15) is 43.7 Å². The first kappa shape index (κ1) is 33.4. The van der Waals surface area contributed by atoms with E-state index >= 15 is 0 Å². The fraction of sp³-hybridized carbons (Fsp3) is 0.265. The Hall–Kier alpha value is -3.54. The molecular weight excluding hydrogens is 722 g/mol. The molecule has 2 heterocycles. The fourth-order valence-corrected chi connectivity index (χ4v) is 12.2. The third-order valence-electron chi connectivity index (χ3n) is 8.69. The van der Waals surface area contributed by atoms with Gasteiger partial charge in [0.25, 0.3) is 0 Å². The number of carbonyl (C=O) groups excluding carboxylic acids is 1. The number of isothiocyanates is 1. The van der Waals surface area contributed by atoms with E-state index in [9.17, 15) is 26.2 Å². The number of aryl methyl sites for hydroxylation is 1. The van der Waals surface area contributed by atoms with Gasteiger partial charge in [0, 0.05) is 0 Å². The van der Waals surface area contributed by atoms with E-state index in [4.69, 9.17) is 12.2 Å². The first-order valence-corrected chi connectivity index (χ1v) is 20.2. The number of hydrogen-bond acceptors (Lipinski definition) is 7. The van der Waals surface area contributed by atoms with E-state index in [1.54, 1.807) is 13.0 Å². The number of fused-ring (bicyclic) bond motifs is 4. The van der Waals surface area contributed by atoms with Crippen LogP contribution in [0.2, 0.25) is 0 Å². The second-order valence-corrected chi connectivity index (χ2v) is 17.2. The monoisotopic (exact) mass is 754 g/mol. The zero-order chi connectivity index (χ0) is 33.4. The van der Waals surface area contributed by atoms with E-state index in [-0.39, 0.29) is 17.7 Å². The van der Waals surface area contributed by atoms with Crippen LogP contribution in [0.4, 0.5) is 0 Å². The predicted octanol–water partition coefficient (Wildman–Crippen LogP) is 4.22. The Morgan fingerprint density at radius 2 is 1.77 bits per heavy atom. The van der Waals surface area contributed by atoms with Gasteiger partial charge in [0.2, 0.25) is 0 Å². The zero-order valence-electron chi connectivity index (χ0n) is 25.4. The Balaban J connectivity index is 1.42. The van der Waals surface area contributed by atoms with Crippen LogP contribution in [0.25, 0.3) is 27.9 Å². The molecule has 1 aromatic heterocycles. The average Bonchev–Trinajstić information content (AvgIpc) is 3.74. The van der Waals surface area contributed by atoms with Gasteiger partial charge < -0.3 is 0 Å². The predicted molar refractivity (Wildman–Crippen MR) is 187 cm³/mol. The van der Waals surface area contributed by atoms with Gasteiger partial charge in [-0.15, -0.1) is 0 Å². The molecule has 0 radical (unpaired) electrons. The summed E-state index contributed by atoms with van der Waals surface area (Å²) in [5.41, 5.74) is 3.04. The van der Waals surface area contributed by atoms with Crippen molar-refractivity contribution < 1.29 is 30.7 Å². The number of unbranched alkanes of at least 4 members (excludes halogenated alkanes) is 1. The summed E-state index contributed by atoms with van der Waals surface area (Å²) in [5, 5.41) is 3.68. The van der Waals surface area contributed by atoms with Crippen molar-refractivity contribution in [3.63, 3.8) is 0 Å². The Labute approximate surface area is 285 Å². The SMILES string of the molecule is CCC(=O)NS(=O)(=O)C1CC12C(=CC=Cc1c3ccccc3[n+](CCCCN=C=S)c3ccccc13)[Se]c1cc(S(=O)(=O)O)ccc12. The number of carbonyl (C=O) groups is 1. The molecular formula is C34H32N3O6S3Se+. The summed E-state index contributed by atoms with van der Waals surface area (Å²) in [6, 6.07) is 20.8. The van der Waals surface area contributed by atoms with Crippen molar-refractivity contribution in [1.82, 2.24) is 4.72 Å². The summed E-state index contributed by atoms with van der Waals surface area (Å²) in [4.78, 5) is 15.9. The summed E-state index contributed by atoms with van der Waals surface area (Å²) >= 11 is 4.28. The molecule has 1 amide bonds. The third kappa shape index (κ3) is 6.37. The van der Waals surface area contributed by atoms with Crippen molar-refractivity contribution in [2.45, 2.75) is 54.7 Å². The molecule has 2 atom stereocenters. The normalized spacial score (nSPS) is 19.8. The number of amides is 1. The number of para-hydroxylation sites is 2. The minimum atomic E-state index is -4.44. The summed E-state index contributed by atoms with van der Waals surface area (Å²) in [5.74, 6) is -0.577. The number of aliphatic imine (C=N–C) groups is 1. The van der Waals surface area contributed by atoms with Gasteiger partial charge >= 0.3 is 265 Å². The van der Waals surface area contributed by atoms with Gasteiger partial charge in [0.05, 0.1) is 5.16 Å². The molecule has 1 spiro atoms. The Morgan fingerprint density at radius 1 is 1.09 bits per heavy atom. The van der Waals surface area contributed by atoms with Crippen molar-refractivity contribution in [3.05, 3.63) is 94.5 Å². The van der Waals surface area contributed by atoms with Crippen LogP contribution in [0.3, 0.4) is 0 Å². The molecule has 1 fully saturated rings. The zero-order valence-corrected chi connectivity index (χ0v) is 29.6. The molecule has 1 aliphatic heterocycles. The minimum absolute atomic E-state index is 0.0317. The second-order valence-electron chi connectivity index (χ2n) is 11.5. The number of sulfonamides is 1. The van der Waals surface area contributed by atoms with Gasteiger partial charge in [-0.3, -0.25) is 0 Å². The van der Waals surface area contributed by atoms with Crippen molar-refractivity contribution in [2.24, 2.45) is 4.99 Å². The fourth-order valence-electron chi connectivity index (χ4n) is 6.40. The van der Waals surface area contributed by atoms with Gasteiger partial charge in [-0.25, -0.2) is 4.99 Å². The number of allylic oxidation sites excluding steroid dienone is 3. The van der Waals surface area contributed by atoms with Gasteiger partial charge in [-0.1, -0.05) is 0 Å². The van der Waals surface area contributed by atoms with Crippen LogP contribution in [-0.2, 0) is 36.9 Å². The summed E-state index contributed by atoms with van der Waals surface area (Å²) in [6.45, 7) is 3.04. The first-order chi connectivity index (χ1) is 22.5. The molecule has 2 N–H and O–H groups in total. The number of thiocarbonyl (C=S) groups is 1. The maximum absolute atomic E-state index is 13.3.